The molecule has 10 heteroatoms. The third kappa shape index (κ3) is 7.37. The molecular weight excluding hydrogens is 382 g/mol. The summed E-state index contributed by atoms with van der Waals surface area (Å²) in [5.41, 5.74) is 0.271. The number of para-hydroxylation sites is 1. The first-order chi connectivity index (χ1) is 14.0. The zero-order chi connectivity index (χ0) is 21.1. The molecule has 0 aliphatic heterocycles. The van der Waals surface area contributed by atoms with Crippen LogP contribution in [0.4, 0.5) is 4.79 Å². The fourth-order valence-corrected chi connectivity index (χ4v) is 2.17. The van der Waals surface area contributed by atoms with E-state index < -0.39 is 37.0 Å². The quantitative estimate of drug-likeness (QED) is 0.531. The summed E-state index contributed by atoms with van der Waals surface area (Å²) < 4.78 is 15.1. The van der Waals surface area contributed by atoms with Gasteiger partial charge in [-0.3, -0.25) is 19.7 Å². The number of ether oxygens (including phenoxy) is 2. The molecule has 0 bridgehead atoms. The van der Waals surface area contributed by atoms with Crippen LogP contribution in [0, 0.1) is 0 Å². The molecule has 154 valence electrons. The van der Waals surface area contributed by atoms with Gasteiger partial charge < -0.3 is 24.5 Å². The van der Waals surface area contributed by atoms with Gasteiger partial charge in [-0.05, 0) is 31.2 Å². The van der Waals surface area contributed by atoms with Crippen molar-refractivity contribution in [2.24, 2.45) is 0 Å². The minimum atomic E-state index is -0.835. The van der Waals surface area contributed by atoms with E-state index in [1.165, 1.54) is 6.26 Å². The molecule has 0 spiro atoms. The van der Waals surface area contributed by atoms with Crippen molar-refractivity contribution in [3.05, 3.63) is 54.0 Å². The molecular formula is C19H21N3O7. The lowest BCUT2D eigenvalue weighted by molar-refractivity contribution is -0.147. The first-order valence-electron chi connectivity index (χ1n) is 8.75. The molecule has 0 saturated carbocycles. The van der Waals surface area contributed by atoms with Crippen molar-refractivity contribution in [3.8, 4) is 5.75 Å². The maximum Gasteiger partial charge on any atom is 0.325 e. The number of urea groups is 1. The van der Waals surface area contributed by atoms with Gasteiger partial charge in [0.1, 0.15) is 18.1 Å². The number of rotatable bonds is 9. The second kappa shape index (κ2) is 11.1. The van der Waals surface area contributed by atoms with Gasteiger partial charge in [-0.1, -0.05) is 12.1 Å². The molecule has 1 aromatic carbocycles. The Labute approximate surface area is 166 Å². The molecule has 0 aliphatic carbocycles. The fourth-order valence-electron chi connectivity index (χ4n) is 2.17. The summed E-state index contributed by atoms with van der Waals surface area (Å²) in [6.07, 6.45) is 1.45. The van der Waals surface area contributed by atoms with Crippen LogP contribution >= 0.6 is 0 Å². The highest BCUT2D eigenvalue weighted by molar-refractivity contribution is 5.99. The van der Waals surface area contributed by atoms with Gasteiger partial charge in [-0.25, -0.2) is 4.79 Å². The standard InChI is InChI=1S/C19H21N3O7/c1-2-27-15-8-4-3-7-14(15)18(25)20-11-17(24)29-12-16(23)22-19(26)21-10-13-6-5-9-28-13/h3-9H,2,10-12H2,1H3,(H,20,25)(H2,21,22,23,26). The number of carbonyl (C=O) groups is 4. The summed E-state index contributed by atoms with van der Waals surface area (Å²) in [5.74, 6) is -1.27. The number of furan rings is 1. The van der Waals surface area contributed by atoms with Crippen LogP contribution in [0.3, 0.4) is 0 Å². The molecule has 1 aromatic heterocycles. The van der Waals surface area contributed by atoms with Crippen molar-refractivity contribution < 1.29 is 33.1 Å². The predicted molar refractivity (Wildman–Crippen MR) is 100.0 cm³/mol. The molecule has 29 heavy (non-hydrogen) atoms. The summed E-state index contributed by atoms with van der Waals surface area (Å²) >= 11 is 0. The molecule has 10 nitrogen and oxygen atoms in total. The first-order valence-corrected chi connectivity index (χ1v) is 8.75. The SMILES string of the molecule is CCOc1ccccc1C(=O)NCC(=O)OCC(=O)NC(=O)NCc1ccco1. The van der Waals surface area contributed by atoms with Gasteiger partial charge >= 0.3 is 12.0 Å². The van der Waals surface area contributed by atoms with E-state index in [4.69, 9.17) is 13.9 Å². The Kier molecular flexibility index (Phi) is 8.24. The van der Waals surface area contributed by atoms with Crippen molar-refractivity contribution in [1.82, 2.24) is 16.0 Å². The number of amides is 4. The minimum absolute atomic E-state index is 0.0984. The molecule has 0 unspecified atom stereocenters. The first kappa shape index (κ1) is 21.5. The maximum atomic E-state index is 12.2. The van der Waals surface area contributed by atoms with E-state index in [0.29, 0.717) is 18.1 Å². The average molecular weight is 403 g/mol. The van der Waals surface area contributed by atoms with E-state index in [-0.39, 0.29) is 12.1 Å². The van der Waals surface area contributed by atoms with Crippen LogP contribution in [0.15, 0.2) is 47.1 Å². The molecule has 0 radical (unpaired) electrons. The summed E-state index contributed by atoms with van der Waals surface area (Å²) in [4.78, 5) is 47.0. The molecule has 0 fully saturated rings. The van der Waals surface area contributed by atoms with Gasteiger partial charge in [-0.15, -0.1) is 0 Å². The molecule has 2 rings (SSSR count). The third-order valence-electron chi connectivity index (χ3n) is 3.45. The predicted octanol–water partition coefficient (Wildman–Crippen LogP) is 0.977. The summed E-state index contributed by atoms with van der Waals surface area (Å²) in [6, 6.07) is 9.14. The fraction of sp³-hybridized carbons (Fsp3) is 0.263. The molecule has 3 N–H and O–H groups in total. The number of hydrogen-bond donors (Lipinski definition) is 3. The van der Waals surface area contributed by atoms with E-state index >= 15 is 0 Å². The Hall–Kier alpha value is -3.82. The monoisotopic (exact) mass is 403 g/mol. The Morgan fingerprint density at radius 2 is 1.83 bits per heavy atom. The van der Waals surface area contributed by atoms with E-state index in [1.54, 1.807) is 43.3 Å². The van der Waals surface area contributed by atoms with E-state index in [2.05, 4.69) is 10.6 Å². The number of esters is 1. The summed E-state index contributed by atoms with van der Waals surface area (Å²) in [5, 5.41) is 6.78. The van der Waals surface area contributed by atoms with E-state index in [9.17, 15) is 19.2 Å². The zero-order valence-corrected chi connectivity index (χ0v) is 15.7. The molecule has 1 heterocycles. The maximum absolute atomic E-state index is 12.2. The Bertz CT molecular complexity index is 849. The van der Waals surface area contributed by atoms with Crippen molar-refractivity contribution in [2.75, 3.05) is 19.8 Å². The van der Waals surface area contributed by atoms with Gasteiger partial charge in [0, 0.05) is 0 Å². The lowest BCUT2D eigenvalue weighted by atomic mass is 10.2. The third-order valence-corrected chi connectivity index (χ3v) is 3.45. The van der Waals surface area contributed by atoms with Crippen molar-refractivity contribution >= 4 is 23.8 Å². The lowest BCUT2D eigenvalue weighted by Crippen LogP contribution is -2.41. The van der Waals surface area contributed by atoms with Crippen molar-refractivity contribution in [1.29, 1.82) is 0 Å². The zero-order valence-electron chi connectivity index (χ0n) is 15.7. The number of imide groups is 1. The minimum Gasteiger partial charge on any atom is -0.493 e. The second-order valence-electron chi connectivity index (χ2n) is 5.58. The Morgan fingerprint density at radius 1 is 1.03 bits per heavy atom. The van der Waals surface area contributed by atoms with E-state index in [0.717, 1.165) is 0 Å². The Balaban J connectivity index is 1.68. The highest BCUT2D eigenvalue weighted by Gasteiger charge is 2.15. The lowest BCUT2D eigenvalue weighted by Gasteiger charge is -2.10. The second-order valence-corrected chi connectivity index (χ2v) is 5.58. The molecule has 4 amide bonds. The van der Waals surface area contributed by atoms with Gasteiger partial charge in [0.05, 0.1) is 25.0 Å². The number of nitrogens with one attached hydrogen (secondary N) is 3. The van der Waals surface area contributed by atoms with Crippen LogP contribution in [0.1, 0.15) is 23.0 Å². The Morgan fingerprint density at radius 3 is 2.55 bits per heavy atom. The largest absolute Gasteiger partial charge is 0.493 e. The van der Waals surface area contributed by atoms with Crippen LogP contribution in [0.2, 0.25) is 0 Å². The normalized spacial score (nSPS) is 9.97. The smallest absolute Gasteiger partial charge is 0.325 e. The number of benzene rings is 1. The molecule has 2 aromatic rings. The molecule has 0 aliphatic rings. The highest BCUT2D eigenvalue weighted by atomic mass is 16.5. The van der Waals surface area contributed by atoms with Crippen molar-refractivity contribution in [2.45, 2.75) is 13.5 Å². The van der Waals surface area contributed by atoms with Crippen LogP contribution in [-0.2, 0) is 20.9 Å². The van der Waals surface area contributed by atoms with E-state index in [1.807, 2.05) is 5.32 Å². The average Bonchev–Trinajstić information content (AvgIpc) is 3.23. The number of carbonyl (C=O) groups excluding carboxylic acids is 4. The van der Waals surface area contributed by atoms with Crippen molar-refractivity contribution in [3.63, 3.8) is 0 Å². The topological polar surface area (TPSA) is 136 Å². The number of hydrogen-bond acceptors (Lipinski definition) is 7. The summed E-state index contributed by atoms with van der Waals surface area (Å²) in [7, 11) is 0. The highest BCUT2D eigenvalue weighted by Crippen LogP contribution is 2.17. The summed E-state index contributed by atoms with van der Waals surface area (Å²) in [6.45, 7) is 1.15. The molecule has 0 atom stereocenters. The van der Waals surface area contributed by atoms with Crippen LogP contribution < -0.4 is 20.7 Å². The van der Waals surface area contributed by atoms with Crippen LogP contribution in [-0.4, -0.2) is 43.6 Å². The van der Waals surface area contributed by atoms with Crippen LogP contribution in [0.25, 0.3) is 0 Å². The van der Waals surface area contributed by atoms with Gasteiger partial charge in [0.2, 0.25) is 0 Å². The van der Waals surface area contributed by atoms with Gasteiger partial charge in [0.25, 0.3) is 11.8 Å². The van der Waals surface area contributed by atoms with Gasteiger partial charge in [0.15, 0.2) is 6.61 Å². The van der Waals surface area contributed by atoms with Gasteiger partial charge in [-0.2, -0.15) is 0 Å². The molecule has 0 saturated heterocycles. The van der Waals surface area contributed by atoms with Crippen LogP contribution in [0.5, 0.6) is 5.75 Å².